The van der Waals surface area contributed by atoms with E-state index in [1.165, 1.54) is 16.7 Å². The SMILES string of the molecule is O=C(O)c1cccc2[nH]c(=O)n(CCCCC(F)(F)F)c12. The summed E-state index contributed by atoms with van der Waals surface area (Å²) in [6, 6.07) is 4.40. The van der Waals surface area contributed by atoms with E-state index in [-0.39, 0.29) is 30.5 Å². The number of aromatic nitrogens is 2. The number of nitrogens with one attached hydrogen (secondary N) is 1. The lowest BCUT2D eigenvalue weighted by molar-refractivity contribution is -0.135. The molecule has 1 aromatic carbocycles. The van der Waals surface area contributed by atoms with Crippen LogP contribution in [-0.2, 0) is 6.54 Å². The van der Waals surface area contributed by atoms with Gasteiger partial charge in [-0.05, 0) is 25.0 Å². The maximum atomic E-state index is 12.1. The molecule has 0 aliphatic carbocycles. The summed E-state index contributed by atoms with van der Waals surface area (Å²) in [4.78, 5) is 25.5. The van der Waals surface area contributed by atoms with Crippen LogP contribution in [0.3, 0.4) is 0 Å². The quantitative estimate of drug-likeness (QED) is 0.834. The van der Waals surface area contributed by atoms with Crippen LogP contribution in [0.15, 0.2) is 23.0 Å². The van der Waals surface area contributed by atoms with E-state index in [0.29, 0.717) is 5.52 Å². The van der Waals surface area contributed by atoms with Crippen LogP contribution in [0.2, 0.25) is 0 Å². The first-order valence-electron chi connectivity index (χ1n) is 6.31. The molecule has 1 aromatic heterocycles. The highest BCUT2D eigenvalue weighted by Crippen LogP contribution is 2.23. The van der Waals surface area contributed by atoms with E-state index in [2.05, 4.69) is 4.98 Å². The van der Waals surface area contributed by atoms with Gasteiger partial charge in [0.25, 0.3) is 0 Å². The average Bonchev–Trinajstić information content (AvgIpc) is 2.69. The van der Waals surface area contributed by atoms with Gasteiger partial charge in [-0.25, -0.2) is 9.59 Å². The molecule has 0 unspecified atom stereocenters. The number of hydrogen-bond acceptors (Lipinski definition) is 2. The number of aryl methyl sites for hydroxylation is 1. The Morgan fingerprint density at radius 1 is 1.29 bits per heavy atom. The molecule has 0 radical (unpaired) electrons. The van der Waals surface area contributed by atoms with Gasteiger partial charge in [-0.3, -0.25) is 4.57 Å². The number of aromatic amines is 1. The van der Waals surface area contributed by atoms with Gasteiger partial charge in [0.2, 0.25) is 0 Å². The second-order valence-electron chi connectivity index (χ2n) is 4.66. The number of hydrogen-bond donors (Lipinski definition) is 2. The van der Waals surface area contributed by atoms with Crippen LogP contribution in [0.1, 0.15) is 29.6 Å². The number of alkyl halides is 3. The number of aromatic carboxylic acids is 1. The molecule has 0 saturated heterocycles. The molecule has 0 saturated carbocycles. The third-order valence-corrected chi connectivity index (χ3v) is 3.12. The third-order valence-electron chi connectivity index (χ3n) is 3.12. The predicted octanol–water partition coefficient (Wildman–Crippen LogP) is 2.76. The summed E-state index contributed by atoms with van der Waals surface area (Å²) in [6.45, 7) is 0.0409. The molecule has 2 aromatic rings. The number of para-hydroxylation sites is 1. The van der Waals surface area contributed by atoms with Crippen molar-refractivity contribution in [2.24, 2.45) is 0 Å². The van der Waals surface area contributed by atoms with Crippen LogP contribution < -0.4 is 5.69 Å². The Bertz CT molecular complexity index is 716. The van der Waals surface area contributed by atoms with Crippen molar-refractivity contribution in [3.63, 3.8) is 0 Å². The molecule has 0 aliphatic rings. The Morgan fingerprint density at radius 3 is 2.62 bits per heavy atom. The van der Waals surface area contributed by atoms with Crippen LogP contribution in [-0.4, -0.2) is 26.8 Å². The Hall–Kier alpha value is -2.25. The molecular weight excluding hydrogens is 289 g/mol. The summed E-state index contributed by atoms with van der Waals surface area (Å²) in [6.07, 6.45) is -5.12. The smallest absolute Gasteiger partial charge is 0.389 e. The number of unbranched alkanes of at least 4 members (excludes halogenated alkanes) is 1. The average molecular weight is 302 g/mol. The number of fused-ring (bicyclic) bond motifs is 1. The van der Waals surface area contributed by atoms with E-state index in [0.717, 1.165) is 0 Å². The van der Waals surface area contributed by atoms with Gasteiger partial charge in [0.15, 0.2) is 0 Å². The number of rotatable bonds is 5. The lowest BCUT2D eigenvalue weighted by Crippen LogP contribution is -2.18. The van der Waals surface area contributed by atoms with E-state index in [1.54, 1.807) is 6.07 Å². The number of imidazole rings is 1. The van der Waals surface area contributed by atoms with Crippen molar-refractivity contribution in [2.75, 3.05) is 0 Å². The zero-order valence-corrected chi connectivity index (χ0v) is 10.9. The molecule has 0 aliphatic heterocycles. The zero-order valence-electron chi connectivity index (χ0n) is 10.9. The van der Waals surface area contributed by atoms with Crippen LogP contribution in [0.5, 0.6) is 0 Å². The van der Waals surface area contributed by atoms with Gasteiger partial charge in [0.1, 0.15) is 0 Å². The largest absolute Gasteiger partial charge is 0.478 e. The van der Waals surface area contributed by atoms with Gasteiger partial charge < -0.3 is 10.1 Å². The number of H-pyrrole nitrogens is 1. The van der Waals surface area contributed by atoms with Gasteiger partial charge in [0.05, 0.1) is 16.6 Å². The summed E-state index contributed by atoms with van der Waals surface area (Å²) < 4.78 is 37.4. The second kappa shape index (κ2) is 5.63. The summed E-state index contributed by atoms with van der Waals surface area (Å²) in [5, 5.41) is 9.12. The first kappa shape index (κ1) is 15.1. The molecule has 5 nitrogen and oxygen atoms in total. The van der Waals surface area contributed by atoms with Gasteiger partial charge in [-0.15, -0.1) is 0 Å². The van der Waals surface area contributed by atoms with Crippen LogP contribution in [0.25, 0.3) is 11.0 Å². The highest BCUT2D eigenvalue weighted by molar-refractivity contribution is 6.01. The highest BCUT2D eigenvalue weighted by atomic mass is 19.4. The maximum absolute atomic E-state index is 12.1. The summed E-state index contributed by atoms with van der Waals surface area (Å²) in [5.41, 5.74) is -0.00916. The molecule has 0 spiro atoms. The minimum absolute atomic E-state index is 0.0409. The standard InChI is InChI=1S/C13H13F3N2O3/c14-13(15,16)6-1-2-7-18-10-8(11(19)20)4-3-5-9(10)17-12(18)21/h3-5H,1-2,6-7H2,(H,17,21)(H,19,20). The van der Waals surface area contributed by atoms with E-state index >= 15 is 0 Å². The van der Waals surface area contributed by atoms with Crippen molar-refractivity contribution in [1.29, 1.82) is 0 Å². The van der Waals surface area contributed by atoms with Crippen molar-refractivity contribution in [3.8, 4) is 0 Å². The van der Waals surface area contributed by atoms with E-state index in [9.17, 15) is 22.8 Å². The predicted molar refractivity (Wildman–Crippen MR) is 69.4 cm³/mol. The Morgan fingerprint density at radius 2 is 2.00 bits per heavy atom. The summed E-state index contributed by atoms with van der Waals surface area (Å²) in [5.74, 6) is -1.19. The van der Waals surface area contributed by atoms with E-state index in [1.807, 2.05) is 0 Å². The van der Waals surface area contributed by atoms with Gasteiger partial charge in [0, 0.05) is 13.0 Å². The molecular formula is C13H13F3N2O3. The molecule has 0 atom stereocenters. The molecule has 0 amide bonds. The molecule has 2 N–H and O–H groups in total. The monoisotopic (exact) mass is 302 g/mol. The minimum Gasteiger partial charge on any atom is -0.478 e. The summed E-state index contributed by atoms with van der Waals surface area (Å²) >= 11 is 0. The number of carbonyl (C=O) groups is 1. The number of carboxylic acid groups (broad SMARTS) is 1. The second-order valence-corrected chi connectivity index (χ2v) is 4.66. The Kier molecular flexibility index (Phi) is 4.06. The maximum Gasteiger partial charge on any atom is 0.389 e. The Balaban J connectivity index is 2.25. The third kappa shape index (κ3) is 3.45. The van der Waals surface area contributed by atoms with E-state index in [4.69, 9.17) is 5.11 Å². The molecule has 0 fully saturated rings. The summed E-state index contributed by atoms with van der Waals surface area (Å²) in [7, 11) is 0. The Labute approximate surface area is 117 Å². The fourth-order valence-corrected chi connectivity index (χ4v) is 2.20. The zero-order chi connectivity index (χ0) is 15.6. The molecule has 0 bridgehead atoms. The highest BCUT2D eigenvalue weighted by Gasteiger charge is 2.26. The number of benzene rings is 1. The van der Waals surface area contributed by atoms with E-state index < -0.39 is 24.3 Å². The van der Waals surface area contributed by atoms with Gasteiger partial charge in [-0.1, -0.05) is 6.07 Å². The van der Waals surface area contributed by atoms with Crippen molar-refractivity contribution >= 4 is 17.0 Å². The van der Waals surface area contributed by atoms with Crippen LogP contribution in [0, 0.1) is 0 Å². The van der Waals surface area contributed by atoms with Crippen LogP contribution >= 0.6 is 0 Å². The van der Waals surface area contributed by atoms with Gasteiger partial charge >= 0.3 is 17.8 Å². The minimum atomic E-state index is -4.22. The topological polar surface area (TPSA) is 75.1 Å². The normalized spacial score (nSPS) is 12.0. The lowest BCUT2D eigenvalue weighted by Gasteiger charge is -2.07. The molecule has 114 valence electrons. The number of nitrogens with zero attached hydrogens (tertiary/aromatic N) is 1. The van der Waals surface area contributed by atoms with Crippen LogP contribution in [0.4, 0.5) is 13.2 Å². The van der Waals surface area contributed by atoms with Crippen molar-refractivity contribution in [1.82, 2.24) is 9.55 Å². The number of carboxylic acids is 1. The first-order chi connectivity index (χ1) is 9.79. The van der Waals surface area contributed by atoms with Crippen molar-refractivity contribution in [2.45, 2.75) is 32.0 Å². The molecule has 21 heavy (non-hydrogen) atoms. The molecule has 2 rings (SSSR count). The molecule has 8 heteroatoms. The van der Waals surface area contributed by atoms with Gasteiger partial charge in [-0.2, -0.15) is 13.2 Å². The van der Waals surface area contributed by atoms with Crippen molar-refractivity contribution in [3.05, 3.63) is 34.2 Å². The first-order valence-corrected chi connectivity index (χ1v) is 6.31. The fraction of sp³-hybridized carbons (Fsp3) is 0.385. The van der Waals surface area contributed by atoms with Crippen molar-refractivity contribution < 1.29 is 23.1 Å². The number of halogens is 3. The lowest BCUT2D eigenvalue weighted by atomic mass is 10.1. The fourth-order valence-electron chi connectivity index (χ4n) is 2.20. The molecule has 1 heterocycles.